The van der Waals surface area contributed by atoms with Gasteiger partial charge in [0.25, 0.3) is 0 Å². The first-order valence-corrected chi connectivity index (χ1v) is 8.56. The second kappa shape index (κ2) is 7.28. The number of carbonyl (C=O) groups is 1. The van der Waals surface area contributed by atoms with Gasteiger partial charge in [-0.25, -0.2) is 0 Å². The molecule has 0 aromatic heterocycles. The number of rotatable bonds is 8. The van der Waals surface area contributed by atoms with Crippen molar-refractivity contribution in [1.29, 1.82) is 0 Å². The van der Waals surface area contributed by atoms with Crippen LogP contribution < -0.4 is 5.32 Å². The molecule has 128 valence electrons. The summed E-state index contributed by atoms with van der Waals surface area (Å²) in [5, 5.41) is 21.8. The Labute approximate surface area is 134 Å². The largest absolute Gasteiger partial charge is 0.396 e. The molecule has 0 aromatic rings. The maximum absolute atomic E-state index is 12.2. The molecule has 2 aliphatic carbocycles. The maximum atomic E-state index is 12.2. The van der Waals surface area contributed by atoms with Gasteiger partial charge in [-0.1, -0.05) is 13.3 Å². The average Bonchev–Trinajstić information content (AvgIpc) is 3.09. The predicted molar refractivity (Wildman–Crippen MR) is 86.3 cm³/mol. The first kappa shape index (κ1) is 17.7. The summed E-state index contributed by atoms with van der Waals surface area (Å²) in [5.74, 6) is 2.39. The Kier molecular flexibility index (Phi) is 5.86. The second-order valence-corrected chi connectivity index (χ2v) is 7.99. The molecule has 0 saturated heterocycles. The first-order chi connectivity index (χ1) is 10.4. The summed E-state index contributed by atoms with van der Waals surface area (Å²) >= 11 is 0. The van der Waals surface area contributed by atoms with Crippen molar-refractivity contribution >= 4 is 5.91 Å². The van der Waals surface area contributed by atoms with Gasteiger partial charge in [0.15, 0.2) is 0 Å². The van der Waals surface area contributed by atoms with Crippen LogP contribution in [-0.2, 0) is 4.79 Å². The fraction of sp³-hybridized carbons (Fsp3) is 0.941. The van der Waals surface area contributed by atoms with Crippen molar-refractivity contribution in [2.24, 2.45) is 23.2 Å². The first-order valence-electron chi connectivity index (χ1n) is 8.56. The van der Waals surface area contributed by atoms with E-state index in [0.29, 0.717) is 19.0 Å². The summed E-state index contributed by atoms with van der Waals surface area (Å²) in [6.07, 6.45) is 5.34. The van der Waals surface area contributed by atoms with E-state index in [4.69, 9.17) is 0 Å². The molecule has 0 spiro atoms. The van der Waals surface area contributed by atoms with Gasteiger partial charge >= 0.3 is 0 Å². The van der Waals surface area contributed by atoms with Gasteiger partial charge in [0.05, 0.1) is 19.8 Å². The average molecular weight is 312 g/mol. The molecule has 2 saturated carbocycles. The standard InChI is InChI=1S/C17H32N2O3/c1-12(15-7-13-4-5-14(15)6-13)18-16(22)8-19(3)9-17(2,10-20)11-21/h12-15,20-21H,4-11H2,1-3H3,(H,18,22). The third kappa shape index (κ3) is 4.21. The molecule has 2 fully saturated rings. The van der Waals surface area contributed by atoms with Crippen LogP contribution in [0.3, 0.4) is 0 Å². The molecule has 4 atom stereocenters. The number of aliphatic hydroxyl groups is 2. The molecule has 1 amide bonds. The quantitative estimate of drug-likeness (QED) is 0.621. The summed E-state index contributed by atoms with van der Waals surface area (Å²) in [5.41, 5.74) is -0.564. The molecule has 3 N–H and O–H groups in total. The molecule has 0 heterocycles. The number of likely N-dealkylation sites (N-methyl/N-ethyl adjacent to an activating group) is 1. The van der Waals surface area contributed by atoms with E-state index >= 15 is 0 Å². The molecule has 5 heteroatoms. The molecular formula is C17H32N2O3. The molecular weight excluding hydrogens is 280 g/mol. The van der Waals surface area contributed by atoms with E-state index in [2.05, 4.69) is 12.2 Å². The van der Waals surface area contributed by atoms with Crippen LogP contribution in [0.1, 0.15) is 39.5 Å². The highest BCUT2D eigenvalue weighted by Crippen LogP contribution is 2.49. The number of nitrogens with one attached hydrogen (secondary N) is 1. The van der Waals surface area contributed by atoms with Crippen LogP contribution >= 0.6 is 0 Å². The zero-order valence-electron chi connectivity index (χ0n) is 14.2. The molecule has 0 aromatic carbocycles. The smallest absolute Gasteiger partial charge is 0.234 e. The summed E-state index contributed by atoms with van der Waals surface area (Å²) in [6.45, 7) is 4.58. The fourth-order valence-electron chi connectivity index (χ4n) is 4.42. The highest BCUT2D eigenvalue weighted by Gasteiger charge is 2.42. The van der Waals surface area contributed by atoms with Gasteiger partial charge in [-0.05, 0) is 51.0 Å². The number of nitrogens with zero attached hydrogens (tertiary/aromatic N) is 1. The third-order valence-corrected chi connectivity index (χ3v) is 5.65. The Morgan fingerprint density at radius 2 is 2.00 bits per heavy atom. The summed E-state index contributed by atoms with van der Waals surface area (Å²) in [6, 6.07) is 0.248. The Bertz CT molecular complexity index is 384. The van der Waals surface area contributed by atoms with Gasteiger partial charge in [0.1, 0.15) is 0 Å². The molecule has 4 unspecified atom stereocenters. The topological polar surface area (TPSA) is 72.8 Å². The second-order valence-electron chi connectivity index (χ2n) is 7.99. The van der Waals surface area contributed by atoms with Crippen molar-refractivity contribution in [3.8, 4) is 0 Å². The minimum atomic E-state index is -0.564. The van der Waals surface area contributed by atoms with Crippen molar-refractivity contribution in [3.63, 3.8) is 0 Å². The molecule has 22 heavy (non-hydrogen) atoms. The lowest BCUT2D eigenvalue weighted by Gasteiger charge is -2.31. The zero-order chi connectivity index (χ0) is 16.3. The predicted octanol–water partition coefficient (Wildman–Crippen LogP) is 0.850. The van der Waals surface area contributed by atoms with Crippen LogP contribution in [0.15, 0.2) is 0 Å². The van der Waals surface area contributed by atoms with Crippen molar-refractivity contribution in [3.05, 3.63) is 0 Å². The van der Waals surface area contributed by atoms with Gasteiger partial charge in [-0.2, -0.15) is 0 Å². The number of hydrogen-bond acceptors (Lipinski definition) is 4. The monoisotopic (exact) mass is 312 g/mol. The normalized spacial score (nSPS) is 29.1. The van der Waals surface area contributed by atoms with E-state index in [0.717, 1.165) is 11.8 Å². The number of hydrogen-bond donors (Lipinski definition) is 3. The van der Waals surface area contributed by atoms with Gasteiger partial charge in [-0.15, -0.1) is 0 Å². The maximum Gasteiger partial charge on any atom is 0.234 e. The van der Waals surface area contributed by atoms with E-state index in [1.54, 1.807) is 0 Å². The van der Waals surface area contributed by atoms with Crippen molar-refractivity contribution < 1.29 is 15.0 Å². The zero-order valence-corrected chi connectivity index (χ0v) is 14.2. The lowest BCUT2D eigenvalue weighted by atomic mass is 9.84. The fourth-order valence-corrected chi connectivity index (χ4v) is 4.42. The molecule has 0 radical (unpaired) electrons. The van der Waals surface area contributed by atoms with Crippen molar-refractivity contribution in [2.45, 2.75) is 45.6 Å². The van der Waals surface area contributed by atoms with Crippen LogP contribution in [0.2, 0.25) is 0 Å². The van der Waals surface area contributed by atoms with E-state index in [-0.39, 0.29) is 25.2 Å². The van der Waals surface area contributed by atoms with Crippen LogP contribution in [0.5, 0.6) is 0 Å². The molecule has 5 nitrogen and oxygen atoms in total. The Morgan fingerprint density at radius 3 is 2.50 bits per heavy atom. The van der Waals surface area contributed by atoms with E-state index in [9.17, 15) is 15.0 Å². The van der Waals surface area contributed by atoms with Gasteiger partial charge in [0.2, 0.25) is 5.91 Å². The number of fused-ring (bicyclic) bond motifs is 2. The lowest BCUT2D eigenvalue weighted by molar-refractivity contribution is -0.123. The van der Waals surface area contributed by atoms with Crippen LogP contribution in [0, 0.1) is 23.2 Å². The van der Waals surface area contributed by atoms with E-state index in [1.165, 1.54) is 25.7 Å². The molecule has 0 aliphatic heterocycles. The Balaban J connectivity index is 1.75. The van der Waals surface area contributed by atoms with E-state index in [1.807, 2.05) is 18.9 Å². The summed E-state index contributed by atoms with van der Waals surface area (Å²) < 4.78 is 0. The van der Waals surface area contributed by atoms with Crippen molar-refractivity contribution in [2.75, 3.05) is 33.4 Å². The van der Waals surface area contributed by atoms with Crippen molar-refractivity contribution in [1.82, 2.24) is 10.2 Å². The minimum absolute atomic E-state index is 0.0380. The third-order valence-electron chi connectivity index (χ3n) is 5.65. The van der Waals surface area contributed by atoms with Gasteiger partial charge in [-0.3, -0.25) is 9.69 Å². The lowest BCUT2D eigenvalue weighted by Crippen LogP contribution is -2.47. The minimum Gasteiger partial charge on any atom is -0.396 e. The van der Waals surface area contributed by atoms with E-state index < -0.39 is 5.41 Å². The van der Waals surface area contributed by atoms with Crippen LogP contribution in [0.25, 0.3) is 0 Å². The highest BCUT2D eigenvalue weighted by atomic mass is 16.3. The van der Waals surface area contributed by atoms with Crippen LogP contribution in [0.4, 0.5) is 0 Å². The van der Waals surface area contributed by atoms with Crippen LogP contribution in [-0.4, -0.2) is 60.4 Å². The SMILES string of the molecule is CC(NC(=O)CN(C)CC(C)(CO)CO)C1CC2CCC1C2. The number of aliphatic hydroxyl groups excluding tert-OH is 2. The summed E-state index contributed by atoms with van der Waals surface area (Å²) in [7, 11) is 1.85. The molecule has 2 bridgehead atoms. The molecule has 2 rings (SSSR count). The Hall–Kier alpha value is -0.650. The molecule has 2 aliphatic rings. The highest BCUT2D eigenvalue weighted by molar-refractivity contribution is 5.78. The number of amides is 1. The van der Waals surface area contributed by atoms with Gasteiger partial charge in [0, 0.05) is 18.0 Å². The Morgan fingerprint density at radius 1 is 1.32 bits per heavy atom. The van der Waals surface area contributed by atoms with Gasteiger partial charge < -0.3 is 15.5 Å². The number of carbonyl (C=O) groups excluding carboxylic acids is 1. The summed E-state index contributed by atoms with van der Waals surface area (Å²) in [4.78, 5) is 14.1.